The van der Waals surface area contributed by atoms with Gasteiger partial charge in [-0.1, -0.05) is 12.1 Å². The Kier molecular flexibility index (Phi) is 4.82. The van der Waals surface area contributed by atoms with Crippen molar-refractivity contribution < 1.29 is 14.3 Å². The minimum Gasteiger partial charge on any atom is -0.493 e. The van der Waals surface area contributed by atoms with Crippen molar-refractivity contribution in [1.82, 2.24) is 5.32 Å². The van der Waals surface area contributed by atoms with Crippen molar-refractivity contribution >= 4 is 5.91 Å². The summed E-state index contributed by atoms with van der Waals surface area (Å²) in [6.45, 7) is 5.53. The summed E-state index contributed by atoms with van der Waals surface area (Å²) >= 11 is 0. The molecule has 1 rings (SSSR count). The van der Waals surface area contributed by atoms with Crippen molar-refractivity contribution in [3.63, 3.8) is 0 Å². The highest BCUT2D eigenvalue weighted by atomic mass is 16.5. The first-order valence-corrected chi connectivity index (χ1v) is 5.64. The Balaban J connectivity index is 2.67. The van der Waals surface area contributed by atoms with Crippen LogP contribution in [0.2, 0.25) is 0 Å². The van der Waals surface area contributed by atoms with Crippen molar-refractivity contribution in [3.8, 4) is 11.5 Å². The number of carbonyl (C=O) groups is 1. The molecule has 0 saturated heterocycles. The summed E-state index contributed by atoms with van der Waals surface area (Å²) in [7, 11) is 1.57. The number of benzene rings is 1. The van der Waals surface area contributed by atoms with Crippen LogP contribution in [0.5, 0.6) is 11.5 Å². The molecule has 0 aliphatic heterocycles. The fraction of sp³-hybridized carbons (Fsp3) is 0.462. The van der Waals surface area contributed by atoms with Crippen molar-refractivity contribution in [2.24, 2.45) is 0 Å². The Morgan fingerprint density at radius 2 is 1.76 bits per heavy atom. The number of rotatable bonds is 5. The molecule has 0 radical (unpaired) electrons. The Morgan fingerprint density at radius 3 is 2.29 bits per heavy atom. The average Bonchev–Trinajstić information content (AvgIpc) is 2.28. The summed E-state index contributed by atoms with van der Waals surface area (Å²) in [5.41, 5.74) is 0. The molecule has 0 fully saturated rings. The molecular formula is C13H19NO3. The van der Waals surface area contributed by atoms with Gasteiger partial charge in [-0.05, 0) is 32.9 Å². The third-order valence-electron chi connectivity index (χ3n) is 2.17. The zero-order chi connectivity index (χ0) is 12.8. The molecule has 0 unspecified atom stereocenters. The first-order chi connectivity index (χ1) is 8.04. The molecule has 0 aliphatic rings. The van der Waals surface area contributed by atoms with Crippen LogP contribution in [-0.2, 0) is 4.79 Å². The van der Waals surface area contributed by atoms with E-state index in [1.54, 1.807) is 26.2 Å². The van der Waals surface area contributed by atoms with Crippen LogP contribution < -0.4 is 14.8 Å². The summed E-state index contributed by atoms with van der Waals surface area (Å²) in [5.74, 6) is 1.06. The second kappa shape index (κ2) is 6.13. The summed E-state index contributed by atoms with van der Waals surface area (Å²) in [6, 6.07) is 7.36. The molecule has 0 aromatic heterocycles. The summed E-state index contributed by atoms with van der Waals surface area (Å²) in [6.07, 6.45) is -0.548. The van der Waals surface area contributed by atoms with Gasteiger partial charge in [-0.15, -0.1) is 0 Å². The van der Waals surface area contributed by atoms with Crippen LogP contribution in [0.3, 0.4) is 0 Å². The molecule has 1 N–H and O–H groups in total. The molecule has 0 aliphatic carbocycles. The number of nitrogens with one attached hydrogen (secondary N) is 1. The van der Waals surface area contributed by atoms with Crippen LogP contribution in [0.1, 0.15) is 20.8 Å². The lowest BCUT2D eigenvalue weighted by Gasteiger charge is -2.17. The average molecular weight is 237 g/mol. The fourth-order valence-corrected chi connectivity index (χ4v) is 1.36. The number of carbonyl (C=O) groups excluding carboxylic acids is 1. The van der Waals surface area contributed by atoms with Crippen molar-refractivity contribution in [2.45, 2.75) is 32.9 Å². The number of hydrogen-bond acceptors (Lipinski definition) is 3. The normalized spacial score (nSPS) is 12.1. The predicted octanol–water partition coefficient (Wildman–Crippen LogP) is 1.99. The smallest absolute Gasteiger partial charge is 0.260 e. The maximum atomic E-state index is 11.7. The molecule has 1 aromatic carbocycles. The standard InChI is InChI=1S/C13H19NO3/c1-9(2)14-13(15)10(3)17-12-8-6-5-7-11(12)16-4/h5-10H,1-4H3,(H,14,15)/t10-/m1/s1. The van der Waals surface area contributed by atoms with Crippen molar-refractivity contribution in [2.75, 3.05) is 7.11 Å². The third-order valence-corrected chi connectivity index (χ3v) is 2.17. The topological polar surface area (TPSA) is 47.6 Å². The van der Waals surface area contributed by atoms with E-state index in [4.69, 9.17) is 9.47 Å². The lowest BCUT2D eigenvalue weighted by atomic mass is 10.3. The van der Waals surface area contributed by atoms with Gasteiger partial charge in [0.2, 0.25) is 0 Å². The minimum absolute atomic E-state index is 0.103. The van der Waals surface area contributed by atoms with Crippen molar-refractivity contribution in [3.05, 3.63) is 24.3 Å². The maximum Gasteiger partial charge on any atom is 0.260 e. The highest BCUT2D eigenvalue weighted by molar-refractivity contribution is 5.81. The lowest BCUT2D eigenvalue weighted by Crippen LogP contribution is -2.40. The summed E-state index contributed by atoms with van der Waals surface area (Å²) < 4.78 is 10.7. The molecule has 0 saturated carbocycles. The zero-order valence-corrected chi connectivity index (χ0v) is 10.7. The Bertz CT molecular complexity index is 377. The van der Waals surface area contributed by atoms with Crippen molar-refractivity contribution in [1.29, 1.82) is 0 Å². The second-order valence-corrected chi connectivity index (χ2v) is 4.07. The van der Waals surface area contributed by atoms with E-state index in [0.717, 1.165) is 0 Å². The van der Waals surface area contributed by atoms with Crippen LogP contribution in [0.4, 0.5) is 0 Å². The second-order valence-electron chi connectivity index (χ2n) is 4.07. The molecule has 94 valence electrons. The van der Waals surface area contributed by atoms with E-state index in [1.807, 2.05) is 26.0 Å². The van der Waals surface area contributed by atoms with E-state index < -0.39 is 6.10 Å². The number of methoxy groups -OCH3 is 1. The molecule has 4 heteroatoms. The molecule has 0 heterocycles. The fourth-order valence-electron chi connectivity index (χ4n) is 1.36. The van der Waals surface area contributed by atoms with Crippen LogP contribution in [0.25, 0.3) is 0 Å². The molecule has 1 aromatic rings. The molecule has 17 heavy (non-hydrogen) atoms. The number of para-hydroxylation sites is 2. The lowest BCUT2D eigenvalue weighted by molar-refractivity contribution is -0.127. The molecule has 0 spiro atoms. The molecule has 0 bridgehead atoms. The van der Waals surface area contributed by atoms with Crippen LogP contribution in [0, 0.1) is 0 Å². The van der Waals surface area contributed by atoms with E-state index in [1.165, 1.54) is 0 Å². The van der Waals surface area contributed by atoms with Gasteiger partial charge >= 0.3 is 0 Å². The van der Waals surface area contributed by atoms with Gasteiger partial charge < -0.3 is 14.8 Å². The highest BCUT2D eigenvalue weighted by Crippen LogP contribution is 2.26. The van der Waals surface area contributed by atoms with Crippen LogP contribution in [0.15, 0.2) is 24.3 Å². The highest BCUT2D eigenvalue weighted by Gasteiger charge is 2.16. The SMILES string of the molecule is COc1ccccc1O[C@H](C)C(=O)NC(C)C. The van der Waals surface area contributed by atoms with Gasteiger partial charge in [0.05, 0.1) is 7.11 Å². The van der Waals surface area contributed by atoms with Gasteiger partial charge in [-0.2, -0.15) is 0 Å². The zero-order valence-electron chi connectivity index (χ0n) is 10.7. The van der Waals surface area contributed by atoms with Gasteiger partial charge in [0.25, 0.3) is 5.91 Å². The van der Waals surface area contributed by atoms with Gasteiger partial charge in [0, 0.05) is 6.04 Å². The van der Waals surface area contributed by atoms with E-state index >= 15 is 0 Å². The van der Waals surface area contributed by atoms with Gasteiger partial charge in [-0.3, -0.25) is 4.79 Å². The monoisotopic (exact) mass is 237 g/mol. The molecular weight excluding hydrogens is 218 g/mol. The van der Waals surface area contributed by atoms with Crippen LogP contribution >= 0.6 is 0 Å². The number of hydrogen-bond donors (Lipinski definition) is 1. The minimum atomic E-state index is -0.548. The molecule has 1 amide bonds. The summed E-state index contributed by atoms with van der Waals surface area (Å²) in [4.78, 5) is 11.7. The largest absolute Gasteiger partial charge is 0.493 e. The predicted molar refractivity (Wildman–Crippen MR) is 66.4 cm³/mol. The molecule has 4 nitrogen and oxygen atoms in total. The quantitative estimate of drug-likeness (QED) is 0.852. The Morgan fingerprint density at radius 1 is 1.18 bits per heavy atom. The Hall–Kier alpha value is -1.71. The van der Waals surface area contributed by atoms with E-state index in [2.05, 4.69) is 5.32 Å². The van der Waals surface area contributed by atoms with Gasteiger partial charge in [0.15, 0.2) is 17.6 Å². The number of ether oxygens (including phenoxy) is 2. The summed E-state index contributed by atoms with van der Waals surface area (Å²) in [5, 5.41) is 2.80. The first-order valence-electron chi connectivity index (χ1n) is 5.64. The van der Waals surface area contributed by atoms with Crippen LogP contribution in [-0.4, -0.2) is 25.2 Å². The third kappa shape index (κ3) is 3.98. The van der Waals surface area contributed by atoms with E-state index in [-0.39, 0.29) is 11.9 Å². The van der Waals surface area contributed by atoms with E-state index in [9.17, 15) is 4.79 Å². The van der Waals surface area contributed by atoms with Gasteiger partial charge in [-0.25, -0.2) is 0 Å². The Labute approximate surface area is 102 Å². The van der Waals surface area contributed by atoms with E-state index in [0.29, 0.717) is 11.5 Å². The molecule has 1 atom stereocenters. The maximum absolute atomic E-state index is 11.7. The number of amides is 1. The first kappa shape index (κ1) is 13.4. The van der Waals surface area contributed by atoms with Gasteiger partial charge in [0.1, 0.15) is 0 Å².